The van der Waals surface area contributed by atoms with Gasteiger partial charge in [0.1, 0.15) is 5.75 Å². The summed E-state index contributed by atoms with van der Waals surface area (Å²) in [5, 5.41) is 0. The van der Waals surface area contributed by atoms with Gasteiger partial charge in [-0.3, -0.25) is 0 Å². The van der Waals surface area contributed by atoms with Crippen LogP contribution in [0, 0.1) is 0 Å². The Morgan fingerprint density at radius 3 is 2.52 bits per heavy atom. The van der Waals surface area contributed by atoms with Crippen LogP contribution in [0.2, 0.25) is 0 Å². The fourth-order valence-corrected chi connectivity index (χ4v) is 4.16. The van der Waals surface area contributed by atoms with Crippen LogP contribution in [0.5, 0.6) is 5.75 Å². The number of hydrogen-bond acceptors (Lipinski definition) is 3. The first-order valence-corrected chi connectivity index (χ1v) is 11.2. The third-order valence-electron chi connectivity index (χ3n) is 3.34. The van der Waals surface area contributed by atoms with E-state index in [0.717, 1.165) is 29.9 Å². The summed E-state index contributed by atoms with van der Waals surface area (Å²) in [5.74, 6) is 1.70. The van der Waals surface area contributed by atoms with Gasteiger partial charge in [0.2, 0.25) is 0 Å². The molecule has 0 saturated heterocycles. The van der Waals surface area contributed by atoms with E-state index in [-0.39, 0.29) is 5.75 Å². The van der Waals surface area contributed by atoms with Gasteiger partial charge in [0.15, 0.2) is 0 Å². The van der Waals surface area contributed by atoms with Crippen LogP contribution in [-0.2, 0) is 16.7 Å². The highest BCUT2D eigenvalue weighted by Gasteiger charge is 2.34. The van der Waals surface area contributed by atoms with E-state index < -0.39 is 13.8 Å². The van der Waals surface area contributed by atoms with E-state index in [1.165, 1.54) is 11.6 Å². The summed E-state index contributed by atoms with van der Waals surface area (Å²) >= 11 is 4.96. The number of hydrogen-bond donors (Lipinski definition) is 1. The van der Waals surface area contributed by atoms with E-state index in [9.17, 15) is 13.3 Å². The molecule has 25 heavy (non-hydrogen) atoms. The lowest BCUT2D eigenvalue weighted by Gasteiger charge is -2.14. The molecule has 0 aliphatic rings. The summed E-state index contributed by atoms with van der Waals surface area (Å²) in [6.45, 7) is 0. The summed E-state index contributed by atoms with van der Waals surface area (Å²) in [4.78, 5) is 9.09. The van der Waals surface area contributed by atoms with Crippen molar-refractivity contribution in [2.75, 3.05) is 5.75 Å². The quantitative estimate of drug-likeness (QED) is 0.370. The number of rotatable bonds is 9. The first-order valence-electron chi connectivity index (χ1n) is 7.59. The minimum atomic E-state index is -4.96. The Morgan fingerprint density at radius 1 is 1.16 bits per heavy atom. The molecule has 2 aromatic carbocycles. The highest BCUT2D eigenvalue weighted by molar-refractivity contribution is 9.10. The zero-order valence-electron chi connectivity index (χ0n) is 13.3. The minimum Gasteiger partial charge on any atom is -0.420 e. The van der Waals surface area contributed by atoms with Crippen LogP contribution in [0.4, 0.5) is 8.78 Å². The molecule has 0 aliphatic heterocycles. The van der Waals surface area contributed by atoms with Crippen molar-refractivity contribution in [1.29, 1.82) is 0 Å². The second-order valence-corrected chi connectivity index (χ2v) is 9.00. The third kappa shape index (κ3) is 6.74. The van der Waals surface area contributed by atoms with E-state index in [4.69, 9.17) is 4.89 Å². The van der Waals surface area contributed by atoms with Crippen molar-refractivity contribution in [2.45, 2.75) is 24.8 Å². The normalized spacial score (nSPS) is 13.6. The van der Waals surface area contributed by atoms with Crippen molar-refractivity contribution >= 4 is 35.3 Å². The molecule has 0 bridgehead atoms. The van der Waals surface area contributed by atoms with Crippen molar-refractivity contribution in [1.82, 2.24) is 0 Å². The Morgan fingerprint density at radius 2 is 1.88 bits per heavy atom. The van der Waals surface area contributed by atoms with Gasteiger partial charge in [0, 0.05) is 5.75 Å². The molecular formula is C17H18BrF2O3PS. The van der Waals surface area contributed by atoms with E-state index >= 15 is 0 Å². The predicted octanol–water partition coefficient (Wildman–Crippen LogP) is 6.10. The van der Waals surface area contributed by atoms with Crippen LogP contribution >= 0.6 is 35.3 Å². The van der Waals surface area contributed by atoms with Crippen LogP contribution in [0.1, 0.15) is 17.5 Å². The van der Waals surface area contributed by atoms with Crippen LogP contribution in [0.15, 0.2) is 53.0 Å². The molecule has 8 heteroatoms. The van der Waals surface area contributed by atoms with Gasteiger partial charge in [-0.25, -0.2) is 4.57 Å². The van der Waals surface area contributed by atoms with Crippen LogP contribution in [0.3, 0.4) is 0 Å². The number of alkyl halides is 2. The second-order valence-electron chi connectivity index (χ2n) is 5.34. The SMILES string of the molecule is O=P(O)(Oc1ccc(CSCCCc2ccccc2)cc1Br)C(F)F. The van der Waals surface area contributed by atoms with Gasteiger partial charge in [0.25, 0.3) is 0 Å². The Balaban J connectivity index is 1.79. The van der Waals surface area contributed by atoms with Gasteiger partial charge >= 0.3 is 13.8 Å². The molecule has 2 rings (SSSR count). The van der Waals surface area contributed by atoms with E-state index in [1.807, 2.05) is 18.2 Å². The molecule has 1 atom stereocenters. The number of benzene rings is 2. The monoisotopic (exact) mass is 450 g/mol. The lowest BCUT2D eigenvalue weighted by molar-refractivity contribution is 0.188. The number of halogens is 3. The van der Waals surface area contributed by atoms with E-state index in [0.29, 0.717) is 4.47 Å². The molecule has 0 heterocycles. The third-order valence-corrected chi connectivity index (χ3v) is 6.02. The van der Waals surface area contributed by atoms with Crippen molar-refractivity contribution < 1.29 is 22.8 Å². The smallest absolute Gasteiger partial charge is 0.420 e. The summed E-state index contributed by atoms with van der Waals surface area (Å²) in [7, 11) is -4.96. The highest BCUT2D eigenvalue weighted by Crippen LogP contribution is 2.50. The van der Waals surface area contributed by atoms with Crippen molar-refractivity contribution in [2.24, 2.45) is 0 Å². The molecule has 2 aromatic rings. The fourth-order valence-electron chi connectivity index (χ4n) is 2.10. The average molecular weight is 451 g/mol. The molecule has 1 unspecified atom stereocenters. The molecule has 3 nitrogen and oxygen atoms in total. The fraction of sp³-hybridized carbons (Fsp3) is 0.294. The number of thioether (sulfide) groups is 1. The van der Waals surface area contributed by atoms with Crippen LogP contribution in [0.25, 0.3) is 0 Å². The molecule has 136 valence electrons. The summed E-state index contributed by atoms with van der Waals surface area (Å²) in [5.41, 5.74) is 2.30. The molecule has 0 radical (unpaired) electrons. The molecule has 0 spiro atoms. The van der Waals surface area contributed by atoms with Gasteiger partial charge in [-0.15, -0.1) is 0 Å². The Labute approximate surface area is 158 Å². The molecule has 0 fully saturated rings. The average Bonchev–Trinajstić information content (AvgIpc) is 2.57. The predicted molar refractivity (Wildman–Crippen MR) is 102 cm³/mol. The van der Waals surface area contributed by atoms with Crippen LogP contribution < -0.4 is 4.52 Å². The largest absolute Gasteiger partial charge is 0.442 e. The topological polar surface area (TPSA) is 46.5 Å². The molecular weight excluding hydrogens is 433 g/mol. The summed E-state index contributed by atoms with van der Waals surface area (Å²) < 4.78 is 41.0. The van der Waals surface area contributed by atoms with E-state index in [1.54, 1.807) is 23.9 Å². The highest BCUT2D eigenvalue weighted by atomic mass is 79.9. The van der Waals surface area contributed by atoms with Crippen LogP contribution in [-0.4, -0.2) is 16.8 Å². The molecule has 0 aliphatic carbocycles. The lowest BCUT2D eigenvalue weighted by atomic mass is 10.1. The Kier molecular flexibility index (Phi) is 7.94. The second kappa shape index (κ2) is 9.72. The van der Waals surface area contributed by atoms with Crippen molar-refractivity contribution in [3.8, 4) is 5.75 Å². The number of aryl methyl sites for hydroxylation is 1. The standard InChI is InChI=1S/C17H18BrF2O3PS/c18-15-11-14(8-9-16(15)23-24(21,22)17(19)20)12-25-10-4-7-13-5-2-1-3-6-13/h1-3,5-6,8-9,11,17H,4,7,10,12H2,(H,21,22). The minimum absolute atomic E-state index is 0.0658. The maximum Gasteiger partial charge on any atom is 0.442 e. The van der Waals surface area contributed by atoms with Gasteiger partial charge in [-0.05, 0) is 57.8 Å². The Bertz CT molecular complexity index is 731. The van der Waals surface area contributed by atoms with Gasteiger partial charge in [0.05, 0.1) is 4.47 Å². The van der Waals surface area contributed by atoms with E-state index in [2.05, 4.69) is 32.6 Å². The van der Waals surface area contributed by atoms with Crippen molar-refractivity contribution in [3.63, 3.8) is 0 Å². The Hall–Kier alpha value is -0.880. The van der Waals surface area contributed by atoms with Gasteiger partial charge in [-0.1, -0.05) is 36.4 Å². The first kappa shape index (κ1) is 20.4. The zero-order chi connectivity index (χ0) is 18.3. The molecule has 0 saturated carbocycles. The molecule has 1 N–H and O–H groups in total. The zero-order valence-corrected chi connectivity index (χ0v) is 16.6. The van der Waals surface area contributed by atoms with Gasteiger partial charge in [-0.2, -0.15) is 20.5 Å². The lowest BCUT2D eigenvalue weighted by Crippen LogP contribution is -2.01. The van der Waals surface area contributed by atoms with Gasteiger partial charge < -0.3 is 9.42 Å². The maximum atomic E-state index is 12.4. The first-order chi connectivity index (χ1) is 11.9. The summed E-state index contributed by atoms with van der Waals surface area (Å²) in [6, 6.07) is 15.1. The maximum absolute atomic E-state index is 12.4. The molecule has 0 amide bonds. The molecule has 0 aromatic heterocycles. The summed E-state index contributed by atoms with van der Waals surface area (Å²) in [6.07, 6.45) is -1.33. The van der Waals surface area contributed by atoms with Crippen molar-refractivity contribution in [3.05, 3.63) is 64.1 Å².